The molecule has 0 aromatic carbocycles. The molecule has 2 fully saturated rings. The standard InChI is InChI=1S/C14H27N3O/c1-16-8-7-15-13(11-16)9-14(18)17(2)10-12-5-3-4-6-12/h12-13,15H,3-11H2,1-2H3. The topological polar surface area (TPSA) is 35.6 Å². The Morgan fingerprint density at radius 1 is 1.39 bits per heavy atom. The molecule has 1 saturated carbocycles. The van der Waals surface area contributed by atoms with Gasteiger partial charge in [0.25, 0.3) is 0 Å². The summed E-state index contributed by atoms with van der Waals surface area (Å²) in [5, 5.41) is 3.44. The molecule has 4 nitrogen and oxygen atoms in total. The van der Waals surface area contributed by atoms with Gasteiger partial charge in [0.05, 0.1) is 0 Å². The Hall–Kier alpha value is -0.610. The number of nitrogens with zero attached hydrogens (tertiary/aromatic N) is 2. The first-order valence-corrected chi connectivity index (χ1v) is 7.31. The Balaban J connectivity index is 1.72. The molecule has 0 spiro atoms. The molecule has 0 radical (unpaired) electrons. The summed E-state index contributed by atoms with van der Waals surface area (Å²) in [6.07, 6.45) is 5.96. The van der Waals surface area contributed by atoms with Crippen LogP contribution in [0.15, 0.2) is 0 Å². The van der Waals surface area contributed by atoms with Crippen LogP contribution < -0.4 is 5.32 Å². The van der Waals surface area contributed by atoms with Gasteiger partial charge in [0.1, 0.15) is 0 Å². The zero-order valence-corrected chi connectivity index (χ0v) is 11.8. The molecule has 104 valence electrons. The number of rotatable bonds is 4. The lowest BCUT2D eigenvalue weighted by molar-refractivity contribution is -0.131. The van der Waals surface area contributed by atoms with Gasteiger partial charge < -0.3 is 15.1 Å². The second-order valence-corrected chi connectivity index (χ2v) is 6.04. The van der Waals surface area contributed by atoms with Gasteiger partial charge in [0.15, 0.2) is 0 Å². The van der Waals surface area contributed by atoms with Crippen LogP contribution in [0.1, 0.15) is 32.1 Å². The molecule has 18 heavy (non-hydrogen) atoms. The summed E-state index contributed by atoms with van der Waals surface area (Å²) in [5.41, 5.74) is 0. The number of carbonyl (C=O) groups excluding carboxylic acids is 1. The van der Waals surface area contributed by atoms with Crippen molar-refractivity contribution in [2.45, 2.75) is 38.1 Å². The zero-order valence-electron chi connectivity index (χ0n) is 11.8. The summed E-state index contributed by atoms with van der Waals surface area (Å²) < 4.78 is 0. The quantitative estimate of drug-likeness (QED) is 0.809. The second kappa shape index (κ2) is 6.53. The van der Waals surface area contributed by atoms with E-state index >= 15 is 0 Å². The lowest BCUT2D eigenvalue weighted by atomic mass is 10.1. The maximum Gasteiger partial charge on any atom is 0.223 e. The van der Waals surface area contributed by atoms with Crippen LogP contribution in [0.4, 0.5) is 0 Å². The van der Waals surface area contributed by atoms with E-state index in [0.29, 0.717) is 18.4 Å². The van der Waals surface area contributed by atoms with Crippen LogP contribution in [-0.4, -0.2) is 62.0 Å². The van der Waals surface area contributed by atoms with Crippen molar-refractivity contribution in [1.82, 2.24) is 15.1 Å². The lowest BCUT2D eigenvalue weighted by Gasteiger charge is -2.32. The van der Waals surface area contributed by atoms with Gasteiger partial charge in [0, 0.05) is 45.7 Å². The van der Waals surface area contributed by atoms with E-state index in [2.05, 4.69) is 17.3 Å². The van der Waals surface area contributed by atoms with Crippen molar-refractivity contribution in [2.24, 2.45) is 5.92 Å². The molecule has 2 aliphatic rings. The first-order valence-electron chi connectivity index (χ1n) is 7.31. The average molecular weight is 253 g/mol. The highest BCUT2D eigenvalue weighted by Crippen LogP contribution is 2.25. The minimum Gasteiger partial charge on any atom is -0.345 e. The van der Waals surface area contributed by atoms with Crippen LogP contribution in [-0.2, 0) is 4.79 Å². The molecule has 2 rings (SSSR count). The van der Waals surface area contributed by atoms with E-state index in [-0.39, 0.29) is 0 Å². The number of hydrogen-bond acceptors (Lipinski definition) is 3. The summed E-state index contributed by atoms with van der Waals surface area (Å²) in [6.45, 7) is 4.04. The van der Waals surface area contributed by atoms with Crippen LogP contribution in [0, 0.1) is 5.92 Å². The molecular formula is C14H27N3O. The van der Waals surface area contributed by atoms with Crippen LogP contribution in [0.25, 0.3) is 0 Å². The second-order valence-electron chi connectivity index (χ2n) is 6.04. The van der Waals surface area contributed by atoms with Gasteiger partial charge in [-0.2, -0.15) is 0 Å². The highest BCUT2D eigenvalue weighted by molar-refractivity contribution is 5.76. The molecule has 4 heteroatoms. The molecule has 1 aliphatic heterocycles. The molecule has 0 aromatic rings. The molecule has 0 bridgehead atoms. The number of nitrogens with one attached hydrogen (secondary N) is 1. The average Bonchev–Trinajstić information content (AvgIpc) is 2.81. The third kappa shape index (κ3) is 3.95. The predicted molar refractivity (Wildman–Crippen MR) is 73.5 cm³/mol. The third-order valence-corrected chi connectivity index (χ3v) is 4.31. The Morgan fingerprint density at radius 2 is 2.11 bits per heavy atom. The fourth-order valence-corrected chi connectivity index (χ4v) is 3.18. The number of amides is 1. The summed E-state index contributed by atoms with van der Waals surface area (Å²) in [7, 11) is 4.09. The van der Waals surface area contributed by atoms with Crippen LogP contribution >= 0.6 is 0 Å². The lowest BCUT2D eigenvalue weighted by Crippen LogP contribution is -2.51. The zero-order chi connectivity index (χ0) is 13.0. The van der Waals surface area contributed by atoms with E-state index in [1.807, 2.05) is 11.9 Å². The Kier molecular flexibility index (Phi) is 5.01. The molecule has 1 saturated heterocycles. The number of piperazine rings is 1. The predicted octanol–water partition coefficient (Wildman–Crippen LogP) is 0.929. The van der Waals surface area contributed by atoms with Crippen molar-refractivity contribution in [3.63, 3.8) is 0 Å². The molecule has 1 aliphatic carbocycles. The van der Waals surface area contributed by atoms with E-state index < -0.39 is 0 Å². The van der Waals surface area contributed by atoms with Crippen molar-refractivity contribution in [3.05, 3.63) is 0 Å². The number of likely N-dealkylation sites (N-methyl/N-ethyl adjacent to an activating group) is 1. The van der Waals surface area contributed by atoms with E-state index in [1.165, 1.54) is 25.7 Å². The fraction of sp³-hybridized carbons (Fsp3) is 0.929. The maximum absolute atomic E-state index is 12.2. The van der Waals surface area contributed by atoms with E-state index in [0.717, 1.165) is 32.1 Å². The van der Waals surface area contributed by atoms with Crippen LogP contribution in [0.3, 0.4) is 0 Å². The molecule has 1 atom stereocenters. The Labute approximate surface area is 111 Å². The molecule has 1 unspecified atom stereocenters. The van der Waals surface area contributed by atoms with Crippen molar-refractivity contribution in [3.8, 4) is 0 Å². The van der Waals surface area contributed by atoms with Gasteiger partial charge in [-0.1, -0.05) is 12.8 Å². The smallest absolute Gasteiger partial charge is 0.223 e. The van der Waals surface area contributed by atoms with Crippen molar-refractivity contribution in [1.29, 1.82) is 0 Å². The minimum atomic E-state index is 0.301. The Morgan fingerprint density at radius 3 is 2.78 bits per heavy atom. The van der Waals surface area contributed by atoms with Crippen molar-refractivity contribution < 1.29 is 4.79 Å². The summed E-state index contributed by atoms with van der Waals surface area (Å²) in [6, 6.07) is 0.335. The highest BCUT2D eigenvalue weighted by atomic mass is 16.2. The summed E-state index contributed by atoms with van der Waals surface area (Å²) in [5.74, 6) is 1.05. The van der Waals surface area contributed by atoms with Gasteiger partial charge in [-0.25, -0.2) is 0 Å². The van der Waals surface area contributed by atoms with Gasteiger partial charge in [-0.05, 0) is 25.8 Å². The molecule has 1 N–H and O–H groups in total. The first-order chi connectivity index (χ1) is 8.65. The normalized spacial score (nSPS) is 26.4. The number of carbonyl (C=O) groups is 1. The minimum absolute atomic E-state index is 0.301. The van der Waals surface area contributed by atoms with Gasteiger partial charge >= 0.3 is 0 Å². The monoisotopic (exact) mass is 253 g/mol. The SMILES string of the molecule is CN1CCNC(CC(=O)N(C)CC2CCCC2)C1. The van der Waals surface area contributed by atoms with E-state index in [1.54, 1.807) is 0 Å². The summed E-state index contributed by atoms with van der Waals surface area (Å²) >= 11 is 0. The summed E-state index contributed by atoms with van der Waals surface area (Å²) in [4.78, 5) is 16.4. The highest BCUT2D eigenvalue weighted by Gasteiger charge is 2.23. The van der Waals surface area contributed by atoms with Crippen molar-refractivity contribution in [2.75, 3.05) is 40.3 Å². The largest absolute Gasteiger partial charge is 0.345 e. The molecule has 0 aromatic heterocycles. The van der Waals surface area contributed by atoms with Gasteiger partial charge in [-0.3, -0.25) is 4.79 Å². The molecular weight excluding hydrogens is 226 g/mol. The molecule has 1 heterocycles. The van der Waals surface area contributed by atoms with Crippen LogP contribution in [0.2, 0.25) is 0 Å². The Bertz CT molecular complexity index is 276. The van der Waals surface area contributed by atoms with Crippen LogP contribution in [0.5, 0.6) is 0 Å². The van der Waals surface area contributed by atoms with Crippen molar-refractivity contribution >= 4 is 5.91 Å². The number of hydrogen-bond donors (Lipinski definition) is 1. The van der Waals surface area contributed by atoms with Gasteiger partial charge in [0.2, 0.25) is 5.91 Å². The van der Waals surface area contributed by atoms with E-state index in [9.17, 15) is 4.79 Å². The van der Waals surface area contributed by atoms with Gasteiger partial charge in [-0.15, -0.1) is 0 Å². The maximum atomic E-state index is 12.2. The first kappa shape index (κ1) is 13.8. The molecule has 1 amide bonds. The van der Waals surface area contributed by atoms with E-state index in [4.69, 9.17) is 0 Å². The third-order valence-electron chi connectivity index (χ3n) is 4.31. The fourth-order valence-electron chi connectivity index (χ4n) is 3.18.